The molecule has 4 nitrogen and oxygen atoms in total. The Kier molecular flexibility index (Phi) is 4.77. The van der Waals surface area contributed by atoms with E-state index in [1.807, 2.05) is 19.9 Å². The van der Waals surface area contributed by atoms with Crippen LogP contribution in [0.15, 0.2) is 36.0 Å². The van der Waals surface area contributed by atoms with Crippen LogP contribution >= 0.6 is 0 Å². The lowest BCUT2D eigenvalue weighted by molar-refractivity contribution is -0.0990. The van der Waals surface area contributed by atoms with Gasteiger partial charge in [-0.15, -0.1) is 0 Å². The number of hydrogen-bond acceptors (Lipinski definition) is 4. The number of hydrogen-bond donors (Lipinski definition) is 2. The maximum atomic E-state index is 11.1. The average Bonchev–Trinajstić information content (AvgIpc) is 3.07. The summed E-state index contributed by atoms with van der Waals surface area (Å²) in [5.41, 5.74) is 1.28. The Morgan fingerprint density at radius 1 is 1.21 bits per heavy atom. The lowest BCUT2D eigenvalue weighted by Gasteiger charge is -2.31. The number of fused-ring (bicyclic) bond motifs is 3. The van der Waals surface area contributed by atoms with Crippen LogP contribution in [-0.2, 0) is 9.47 Å². The van der Waals surface area contributed by atoms with Crippen molar-refractivity contribution in [2.45, 2.75) is 81.9 Å². The normalized spacial score (nSPS) is 44.3. The van der Waals surface area contributed by atoms with Gasteiger partial charge in [-0.3, -0.25) is 0 Å². The van der Waals surface area contributed by atoms with E-state index in [2.05, 4.69) is 13.2 Å². The quantitative estimate of drug-likeness (QED) is 0.669. The zero-order valence-electron chi connectivity index (χ0n) is 14.9. The standard InChI is InChI=1S/C20H30O4/c1-13-5-6-17(21)19(4)9-8-16(24-19)14(2)7-10-20(22)15(3)12-23-18(20)11-13/h11,16-18,21-22H,2-3,5-10,12H2,1,4H3/t16-,17-,18-,19-,20+/m0/s1. The molecule has 2 N–H and O–H groups in total. The fourth-order valence-corrected chi connectivity index (χ4v) is 4.08. The third-order valence-corrected chi connectivity index (χ3v) is 6.07. The first-order valence-corrected chi connectivity index (χ1v) is 8.98. The minimum absolute atomic E-state index is 0.0444. The van der Waals surface area contributed by atoms with Gasteiger partial charge in [-0.05, 0) is 63.5 Å². The maximum absolute atomic E-state index is 11.1. The number of aliphatic hydroxyl groups excluding tert-OH is 1. The van der Waals surface area contributed by atoms with Gasteiger partial charge in [-0.25, -0.2) is 0 Å². The van der Waals surface area contributed by atoms with E-state index < -0.39 is 17.3 Å². The van der Waals surface area contributed by atoms with E-state index in [0.717, 1.165) is 36.0 Å². The van der Waals surface area contributed by atoms with Gasteiger partial charge in [0.05, 0.1) is 24.4 Å². The first-order valence-electron chi connectivity index (χ1n) is 8.98. The highest BCUT2D eigenvalue weighted by molar-refractivity contribution is 5.27. The molecule has 134 valence electrons. The van der Waals surface area contributed by atoms with Crippen molar-refractivity contribution in [3.05, 3.63) is 36.0 Å². The SMILES string of the molecule is C=C1CC[C@@]2(O)C(=C)CO[C@H]2C=C(C)CC[C@H](O)[C@]2(C)CC[C@@H]1O2. The van der Waals surface area contributed by atoms with Crippen LogP contribution < -0.4 is 0 Å². The van der Waals surface area contributed by atoms with Gasteiger partial charge in [0.15, 0.2) is 0 Å². The molecule has 2 saturated heterocycles. The molecule has 0 aromatic heterocycles. The van der Waals surface area contributed by atoms with Crippen molar-refractivity contribution in [1.29, 1.82) is 0 Å². The Hall–Kier alpha value is -0.940. The highest BCUT2D eigenvalue weighted by Crippen LogP contribution is 2.41. The number of rotatable bonds is 0. The molecule has 24 heavy (non-hydrogen) atoms. The van der Waals surface area contributed by atoms with Crippen molar-refractivity contribution >= 4 is 0 Å². The number of allylic oxidation sites excluding steroid dienone is 1. The van der Waals surface area contributed by atoms with Crippen molar-refractivity contribution in [3.63, 3.8) is 0 Å². The summed E-state index contributed by atoms with van der Waals surface area (Å²) in [4.78, 5) is 0. The molecule has 2 bridgehead atoms. The van der Waals surface area contributed by atoms with Crippen molar-refractivity contribution in [3.8, 4) is 0 Å². The first kappa shape index (κ1) is 17.9. The molecular formula is C20H30O4. The molecule has 4 heteroatoms. The zero-order chi connectivity index (χ0) is 17.5. The topological polar surface area (TPSA) is 58.9 Å². The van der Waals surface area contributed by atoms with Gasteiger partial charge in [-0.1, -0.05) is 24.8 Å². The van der Waals surface area contributed by atoms with Crippen molar-refractivity contribution in [2.75, 3.05) is 6.61 Å². The van der Waals surface area contributed by atoms with Crippen LogP contribution in [0.1, 0.15) is 52.4 Å². The van der Waals surface area contributed by atoms with Crippen molar-refractivity contribution in [1.82, 2.24) is 0 Å². The van der Waals surface area contributed by atoms with Crippen LogP contribution in [0.3, 0.4) is 0 Å². The van der Waals surface area contributed by atoms with Crippen LogP contribution in [-0.4, -0.2) is 46.3 Å². The van der Waals surface area contributed by atoms with E-state index in [1.54, 1.807) is 0 Å². The van der Waals surface area contributed by atoms with Crippen LogP contribution in [0, 0.1) is 0 Å². The number of ether oxygens (including phenoxy) is 2. The second kappa shape index (κ2) is 6.41. The fourth-order valence-electron chi connectivity index (χ4n) is 4.08. The van der Waals surface area contributed by atoms with Gasteiger partial charge < -0.3 is 19.7 Å². The molecule has 3 rings (SSSR count). The Balaban J connectivity index is 1.88. The monoisotopic (exact) mass is 334 g/mol. The van der Waals surface area contributed by atoms with Crippen LogP contribution in [0.2, 0.25) is 0 Å². The first-order chi connectivity index (χ1) is 11.2. The Morgan fingerprint density at radius 3 is 2.71 bits per heavy atom. The van der Waals surface area contributed by atoms with Gasteiger partial charge >= 0.3 is 0 Å². The van der Waals surface area contributed by atoms with Crippen LogP contribution in [0.5, 0.6) is 0 Å². The zero-order valence-corrected chi connectivity index (χ0v) is 14.9. The maximum Gasteiger partial charge on any atom is 0.118 e. The minimum Gasteiger partial charge on any atom is -0.390 e. The predicted molar refractivity (Wildman–Crippen MR) is 93.7 cm³/mol. The lowest BCUT2D eigenvalue weighted by atomic mass is 9.83. The van der Waals surface area contributed by atoms with Crippen LogP contribution in [0.4, 0.5) is 0 Å². The third-order valence-electron chi connectivity index (χ3n) is 6.07. The van der Waals surface area contributed by atoms with Crippen molar-refractivity contribution < 1.29 is 19.7 Å². The summed E-state index contributed by atoms with van der Waals surface area (Å²) >= 11 is 0. The van der Waals surface area contributed by atoms with E-state index in [9.17, 15) is 10.2 Å². The second-order valence-corrected chi connectivity index (χ2v) is 7.94. The van der Waals surface area contributed by atoms with Gasteiger partial charge in [-0.2, -0.15) is 0 Å². The van der Waals surface area contributed by atoms with Crippen molar-refractivity contribution in [2.24, 2.45) is 0 Å². The number of aliphatic hydroxyl groups is 2. The summed E-state index contributed by atoms with van der Waals surface area (Å²) < 4.78 is 12.0. The van der Waals surface area contributed by atoms with E-state index >= 15 is 0 Å². The largest absolute Gasteiger partial charge is 0.390 e. The lowest BCUT2D eigenvalue weighted by Crippen LogP contribution is -2.39. The van der Waals surface area contributed by atoms with E-state index in [0.29, 0.717) is 25.9 Å². The summed E-state index contributed by atoms with van der Waals surface area (Å²) in [6.45, 7) is 12.6. The van der Waals surface area contributed by atoms with E-state index in [1.165, 1.54) is 0 Å². The van der Waals surface area contributed by atoms with Gasteiger partial charge in [0, 0.05) is 0 Å². The summed E-state index contributed by atoms with van der Waals surface area (Å²) in [5, 5.41) is 21.8. The molecule has 3 aliphatic rings. The van der Waals surface area contributed by atoms with Gasteiger partial charge in [0.2, 0.25) is 0 Å². The van der Waals surface area contributed by atoms with Gasteiger partial charge in [0.1, 0.15) is 11.7 Å². The van der Waals surface area contributed by atoms with Gasteiger partial charge in [0.25, 0.3) is 0 Å². The molecule has 0 saturated carbocycles. The molecule has 0 spiro atoms. The second-order valence-electron chi connectivity index (χ2n) is 7.94. The molecule has 5 atom stereocenters. The third kappa shape index (κ3) is 3.13. The predicted octanol–water partition coefficient (Wildman–Crippen LogP) is 3.05. The summed E-state index contributed by atoms with van der Waals surface area (Å²) in [6.07, 6.45) is 5.39. The summed E-state index contributed by atoms with van der Waals surface area (Å²) in [6, 6.07) is 0. The van der Waals surface area contributed by atoms with E-state index in [4.69, 9.17) is 9.47 Å². The molecule has 0 aromatic rings. The molecule has 3 aliphatic heterocycles. The molecule has 0 amide bonds. The molecule has 2 fully saturated rings. The Labute approximate surface area is 144 Å². The molecule has 0 aromatic carbocycles. The fraction of sp³-hybridized carbons (Fsp3) is 0.700. The molecular weight excluding hydrogens is 304 g/mol. The highest BCUT2D eigenvalue weighted by Gasteiger charge is 2.46. The highest BCUT2D eigenvalue weighted by atomic mass is 16.5. The summed E-state index contributed by atoms with van der Waals surface area (Å²) in [7, 11) is 0. The molecule has 0 aliphatic carbocycles. The van der Waals surface area contributed by atoms with E-state index in [-0.39, 0.29) is 12.2 Å². The molecule has 0 unspecified atom stereocenters. The van der Waals surface area contributed by atoms with Crippen LogP contribution in [0.25, 0.3) is 0 Å². The Morgan fingerprint density at radius 2 is 1.96 bits per heavy atom. The molecule has 3 heterocycles. The Bertz CT molecular complexity index is 566. The molecule has 0 radical (unpaired) electrons. The smallest absolute Gasteiger partial charge is 0.118 e. The average molecular weight is 334 g/mol. The summed E-state index contributed by atoms with van der Waals surface area (Å²) in [5.74, 6) is 0. The minimum atomic E-state index is -1.04.